The van der Waals surface area contributed by atoms with E-state index in [1.807, 2.05) is 48.5 Å². The van der Waals surface area contributed by atoms with Gasteiger partial charge in [0.05, 0.1) is 11.7 Å². The molecule has 0 aromatic heterocycles. The fourth-order valence-electron chi connectivity index (χ4n) is 4.55. The van der Waals surface area contributed by atoms with E-state index in [0.29, 0.717) is 6.42 Å². The molecule has 6 nitrogen and oxygen atoms in total. The average molecular weight is 393 g/mol. The van der Waals surface area contributed by atoms with E-state index in [0.717, 1.165) is 38.0 Å². The number of amides is 1. The van der Waals surface area contributed by atoms with Crippen molar-refractivity contribution in [2.75, 3.05) is 19.6 Å². The molecule has 1 spiro atoms. The van der Waals surface area contributed by atoms with Crippen molar-refractivity contribution in [3.05, 3.63) is 71.8 Å². The molecule has 2 heterocycles. The summed E-state index contributed by atoms with van der Waals surface area (Å²) < 4.78 is 0. The first kappa shape index (κ1) is 19.6. The molecular formula is C23H27N3O3. The van der Waals surface area contributed by atoms with E-state index in [2.05, 4.69) is 22.3 Å². The molecule has 2 aromatic rings. The molecule has 0 aliphatic carbocycles. The highest BCUT2D eigenvalue weighted by molar-refractivity contribution is 5.88. The molecule has 0 unspecified atom stereocenters. The van der Waals surface area contributed by atoms with Gasteiger partial charge < -0.3 is 10.0 Å². The number of carbonyl (C=O) groups excluding carboxylic acids is 1. The van der Waals surface area contributed by atoms with E-state index in [1.165, 1.54) is 5.56 Å². The Kier molecular flexibility index (Phi) is 5.65. The van der Waals surface area contributed by atoms with Gasteiger partial charge in [0.2, 0.25) is 5.91 Å². The molecule has 2 fully saturated rings. The van der Waals surface area contributed by atoms with Crippen LogP contribution in [0.5, 0.6) is 0 Å². The number of hydrogen-bond donors (Lipinski definition) is 2. The highest BCUT2D eigenvalue weighted by Gasteiger charge is 2.51. The van der Waals surface area contributed by atoms with Crippen LogP contribution in [0.3, 0.4) is 0 Å². The van der Waals surface area contributed by atoms with Crippen molar-refractivity contribution in [2.45, 2.75) is 37.5 Å². The van der Waals surface area contributed by atoms with Crippen molar-refractivity contribution in [1.29, 1.82) is 0 Å². The largest absolute Gasteiger partial charge is 0.480 e. The van der Waals surface area contributed by atoms with E-state index >= 15 is 0 Å². The number of carboxylic acid groups (broad SMARTS) is 1. The maximum absolute atomic E-state index is 13.1. The second-order valence-electron chi connectivity index (χ2n) is 8.00. The SMILES string of the molecule is O=C(O)CN1C(=O)[C@H](Cc2ccccc2)NC12CCN(Cc1ccccc1)CC2. The number of hydrogen-bond acceptors (Lipinski definition) is 4. The Morgan fingerprint density at radius 2 is 1.59 bits per heavy atom. The van der Waals surface area contributed by atoms with Crippen molar-refractivity contribution >= 4 is 11.9 Å². The van der Waals surface area contributed by atoms with Gasteiger partial charge in [-0.15, -0.1) is 0 Å². The van der Waals surface area contributed by atoms with Crippen LogP contribution in [0.1, 0.15) is 24.0 Å². The molecule has 29 heavy (non-hydrogen) atoms. The summed E-state index contributed by atoms with van der Waals surface area (Å²) in [5.74, 6) is -1.07. The van der Waals surface area contributed by atoms with E-state index in [-0.39, 0.29) is 18.5 Å². The van der Waals surface area contributed by atoms with Crippen LogP contribution < -0.4 is 5.32 Å². The summed E-state index contributed by atoms with van der Waals surface area (Å²) in [6.45, 7) is 2.26. The number of piperidine rings is 1. The van der Waals surface area contributed by atoms with Crippen LogP contribution in [0.4, 0.5) is 0 Å². The predicted octanol–water partition coefficient (Wildman–Crippen LogP) is 2.11. The zero-order valence-corrected chi connectivity index (χ0v) is 16.5. The quantitative estimate of drug-likeness (QED) is 0.786. The van der Waals surface area contributed by atoms with Gasteiger partial charge in [-0.05, 0) is 30.4 Å². The topological polar surface area (TPSA) is 72.9 Å². The molecule has 2 aliphatic heterocycles. The van der Waals surface area contributed by atoms with Gasteiger partial charge in [0.15, 0.2) is 0 Å². The van der Waals surface area contributed by atoms with Gasteiger partial charge in [-0.2, -0.15) is 0 Å². The van der Waals surface area contributed by atoms with E-state index in [9.17, 15) is 14.7 Å². The Labute approximate surface area is 171 Å². The summed E-state index contributed by atoms with van der Waals surface area (Å²) in [4.78, 5) is 28.5. The van der Waals surface area contributed by atoms with Gasteiger partial charge in [-0.3, -0.25) is 19.8 Å². The Morgan fingerprint density at radius 3 is 2.17 bits per heavy atom. The standard InChI is InChI=1S/C23H27N3O3/c27-21(28)17-26-22(29)20(15-18-7-3-1-4-8-18)24-23(26)11-13-25(14-12-23)16-19-9-5-2-6-10-19/h1-10,20,24H,11-17H2,(H,27,28)/t20-/m0/s1. The van der Waals surface area contributed by atoms with Crippen molar-refractivity contribution < 1.29 is 14.7 Å². The molecule has 1 amide bonds. The fourth-order valence-corrected chi connectivity index (χ4v) is 4.55. The Morgan fingerprint density at radius 1 is 1.00 bits per heavy atom. The Bertz CT molecular complexity index is 848. The highest BCUT2D eigenvalue weighted by atomic mass is 16.4. The minimum absolute atomic E-state index is 0.104. The maximum atomic E-state index is 13.1. The predicted molar refractivity (Wildman–Crippen MR) is 110 cm³/mol. The molecule has 2 N–H and O–H groups in total. The van der Waals surface area contributed by atoms with Crippen LogP contribution in [-0.4, -0.2) is 58.1 Å². The number of benzene rings is 2. The van der Waals surface area contributed by atoms with Crippen LogP contribution in [0.25, 0.3) is 0 Å². The third-order valence-electron chi connectivity index (χ3n) is 6.03. The van der Waals surface area contributed by atoms with Crippen molar-refractivity contribution in [2.24, 2.45) is 0 Å². The first-order valence-corrected chi connectivity index (χ1v) is 10.2. The average Bonchev–Trinajstić information content (AvgIpc) is 2.96. The Balaban J connectivity index is 1.47. The van der Waals surface area contributed by atoms with Gasteiger partial charge in [-0.1, -0.05) is 60.7 Å². The monoisotopic (exact) mass is 393 g/mol. The number of carboxylic acids is 1. The first-order valence-electron chi connectivity index (χ1n) is 10.2. The second-order valence-corrected chi connectivity index (χ2v) is 8.00. The summed E-state index contributed by atoms with van der Waals surface area (Å²) in [6, 6.07) is 19.8. The van der Waals surface area contributed by atoms with Crippen molar-refractivity contribution in [3.8, 4) is 0 Å². The van der Waals surface area contributed by atoms with E-state index in [4.69, 9.17) is 0 Å². The molecule has 2 aliphatic rings. The third-order valence-corrected chi connectivity index (χ3v) is 6.03. The lowest BCUT2D eigenvalue weighted by Gasteiger charge is -2.44. The zero-order valence-electron chi connectivity index (χ0n) is 16.5. The number of rotatable bonds is 6. The second kappa shape index (κ2) is 8.35. The highest BCUT2D eigenvalue weighted by Crippen LogP contribution is 2.33. The summed E-state index contributed by atoms with van der Waals surface area (Å²) in [7, 11) is 0. The number of aliphatic carboxylic acids is 1. The van der Waals surface area contributed by atoms with Gasteiger partial charge in [0.1, 0.15) is 6.54 Å². The smallest absolute Gasteiger partial charge is 0.323 e. The maximum Gasteiger partial charge on any atom is 0.323 e. The fraction of sp³-hybridized carbons (Fsp3) is 0.391. The van der Waals surface area contributed by atoms with Crippen molar-refractivity contribution in [1.82, 2.24) is 15.1 Å². The van der Waals surface area contributed by atoms with Crippen LogP contribution >= 0.6 is 0 Å². The van der Waals surface area contributed by atoms with Crippen LogP contribution in [0, 0.1) is 0 Å². The molecule has 0 bridgehead atoms. The molecule has 2 saturated heterocycles. The van der Waals surface area contributed by atoms with Gasteiger partial charge >= 0.3 is 5.97 Å². The molecular weight excluding hydrogens is 366 g/mol. The Hall–Kier alpha value is -2.70. The molecule has 4 rings (SSSR count). The summed E-state index contributed by atoms with van der Waals surface area (Å²) in [6.07, 6.45) is 2.03. The molecule has 2 aromatic carbocycles. The zero-order chi connectivity index (χ0) is 20.3. The number of nitrogens with zero attached hydrogens (tertiary/aromatic N) is 2. The van der Waals surface area contributed by atoms with Crippen LogP contribution in [0.15, 0.2) is 60.7 Å². The molecule has 0 radical (unpaired) electrons. The lowest BCUT2D eigenvalue weighted by atomic mass is 9.95. The van der Waals surface area contributed by atoms with Gasteiger partial charge in [0, 0.05) is 19.6 Å². The van der Waals surface area contributed by atoms with Crippen LogP contribution in [0.2, 0.25) is 0 Å². The number of carbonyl (C=O) groups is 2. The number of nitrogens with one attached hydrogen (secondary N) is 1. The minimum Gasteiger partial charge on any atom is -0.480 e. The lowest BCUT2D eigenvalue weighted by Crippen LogP contribution is -2.59. The number of likely N-dealkylation sites (tertiary alicyclic amines) is 1. The van der Waals surface area contributed by atoms with E-state index < -0.39 is 11.6 Å². The third kappa shape index (κ3) is 4.33. The summed E-state index contributed by atoms with van der Waals surface area (Å²) >= 11 is 0. The molecule has 1 atom stereocenters. The summed E-state index contributed by atoms with van der Waals surface area (Å²) in [5, 5.41) is 12.9. The lowest BCUT2D eigenvalue weighted by molar-refractivity contribution is -0.147. The van der Waals surface area contributed by atoms with Crippen molar-refractivity contribution in [3.63, 3.8) is 0 Å². The molecule has 152 valence electrons. The van der Waals surface area contributed by atoms with Gasteiger partial charge in [0.25, 0.3) is 0 Å². The molecule has 0 saturated carbocycles. The molecule has 6 heteroatoms. The van der Waals surface area contributed by atoms with Crippen LogP contribution in [-0.2, 0) is 22.6 Å². The summed E-state index contributed by atoms with van der Waals surface area (Å²) in [5.41, 5.74) is 1.78. The minimum atomic E-state index is -0.966. The first-order chi connectivity index (χ1) is 14.1. The van der Waals surface area contributed by atoms with E-state index in [1.54, 1.807) is 4.90 Å². The van der Waals surface area contributed by atoms with Gasteiger partial charge in [-0.25, -0.2) is 0 Å². The normalized spacial score (nSPS) is 21.6.